The van der Waals surface area contributed by atoms with Crippen LogP contribution in [0.5, 0.6) is 0 Å². The number of aromatic nitrogens is 1. The van der Waals surface area contributed by atoms with Crippen molar-refractivity contribution in [1.29, 1.82) is 0 Å². The van der Waals surface area contributed by atoms with E-state index in [-0.39, 0.29) is 11.0 Å². The molecule has 0 N–H and O–H groups in total. The van der Waals surface area contributed by atoms with Crippen LogP contribution in [-0.2, 0) is 17.9 Å². The molecule has 0 amide bonds. The van der Waals surface area contributed by atoms with Crippen LogP contribution in [0, 0.1) is 6.92 Å². The Morgan fingerprint density at radius 3 is 1.92 bits per heavy atom. The molecular weight excluding hydrogens is 323 g/mol. The molecule has 1 aromatic heterocycles. The maximum absolute atomic E-state index is 13.3. The van der Waals surface area contributed by atoms with Gasteiger partial charge in [0.05, 0.1) is 5.41 Å². The van der Waals surface area contributed by atoms with E-state index in [2.05, 4.69) is 32.9 Å². The Balaban J connectivity index is 2.57. The lowest BCUT2D eigenvalue weighted by molar-refractivity contribution is -0.660. The average molecular weight is 350 g/mol. The molecule has 136 valence electrons. The lowest BCUT2D eigenvalue weighted by Crippen LogP contribution is -2.36. The van der Waals surface area contributed by atoms with Gasteiger partial charge in [-0.3, -0.25) is 0 Å². The van der Waals surface area contributed by atoms with Crippen molar-refractivity contribution in [3.8, 4) is 11.3 Å². The van der Waals surface area contributed by atoms with Gasteiger partial charge in [0.25, 0.3) is 0 Å². The molecule has 1 nitrogen and oxygen atoms in total. The van der Waals surface area contributed by atoms with Gasteiger partial charge in [0.15, 0.2) is 6.20 Å². The molecule has 0 aliphatic carbocycles. The molecule has 2 rings (SSSR count). The first-order chi connectivity index (χ1) is 11.2. The van der Waals surface area contributed by atoms with E-state index in [0.29, 0.717) is 0 Å². The molecule has 0 bridgehead atoms. The van der Waals surface area contributed by atoms with Gasteiger partial charge in [-0.25, -0.2) is 4.57 Å². The number of alkyl halides is 3. The van der Waals surface area contributed by atoms with Crippen LogP contribution >= 0.6 is 0 Å². The molecule has 2 aromatic rings. The van der Waals surface area contributed by atoms with Gasteiger partial charge in [0.2, 0.25) is 5.69 Å². The number of rotatable bonds is 2. The molecule has 1 heterocycles. The van der Waals surface area contributed by atoms with E-state index in [9.17, 15) is 13.2 Å². The molecule has 0 saturated carbocycles. The summed E-state index contributed by atoms with van der Waals surface area (Å²) in [5.74, 6) is 0. The van der Waals surface area contributed by atoms with E-state index in [1.54, 1.807) is 18.2 Å². The largest absolute Gasteiger partial charge is 0.397 e. The Kier molecular flexibility index (Phi) is 4.79. The zero-order chi connectivity index (χ0) is 19.2. The Hall–Kier alpha value is -1.84. The zero-order valence-electron chi connectivity index (χ0n) is 16.0. The maximum atomic E-state index is 13.3. The lowest BCUT2D eigenvalue weighted by atomic mass is 9.82. The summed E-state index contributed by atoms with van der Waals surface area (Å²) in [5, 5.41) is 0. The molecule has 0 spiro atoms. The SMILES string of the molecule is Cc1cc(C(C)(C)C(F)(F)F)ccc1-c1cc(C(C)(C)C)cc[n+]1C. The van der Waals surface area contributed by atoms with Crippen molar-refractivity contribution in [2.45, 2.75) is 58.5 Å². The molecule has 4 heteroatoms. The van der Waals surface area contributed by atoms with Crippen molar-refractivity contribution in [3.05, 3.63) is 53.2 Å². The molecule has 0 unspecified atom stereocenters. The molecule has 0 aliphatic heterocycles. The standard InChI is InChI=1S/C21H27F3N/c1-14-12-16(20(5,6)21(22,23)24)8-9-17(14)18-13-15(19(2,3)4)10-11-25(18)7/h8-13H,1-7H3/q+1. The number of halogens is 3. The summed E-state index contributed by atoms with van der Waals surface area (Å²) in [7, 11) is 1.95. The second kappa shape index (κ2) is 6.15. The summed E-state index contributed by atoms with van der Waals surface area (Å²) in [6.07, 6.45) is -2.28. The first-order valence-electron chi connectivity index (χ1n) is 8.43. The van der Waals surface area contributed by atoms with Crippen molar-refractivity contribution in [2.75, 3.05) is 0 Å². The monoisotopic (exact) mass is 350 g/mol. The third-order valence-corrected chi connectivity index (χ3v) is 4.95. The third kappa shape index (κ3) is 3.73. The molecule has 0 radical (unpaired) electrons. The predicted octanol–water partition coefficient (Wildman–Crippen LogP) is 5.62. The van der Waals surface area contributed by atoms with Gasteiger partial charge < -0.3 is 0 Å². The highest BCUT2D eigenvalue weighted by Crippen LogP contribution is 2.41. The van der Waals surface area contributed by atoms with Crippen molar-refractivity contribution >= 4 is 0 Å². The number of hydrogen-bond acceptors (Lipinski definition) is 0. The van der Waals surface area contributed by atoms with Crippen LogP contribution in [-0.4, -0.2) is 6.18 Å². The highest BCUT2D eigenvalue weighted by molar-refractivity contribution is 5.63. The fraction of sp³-hybridized carbons (Fsp3) is 0.476. The number of pyridine rings is 1. The lowest BCUT2D eigenvalue weighted by Gasteiger charge is -2.28. The quantitative estimate of drug-likeness (QED) is 0.619. The number of nitrogens with zero attached hydrogens (tertiary/aromatic N) is 1. The molecule has 0 fully saturated rings. The van der Waals surface area contributed by atoms with Crippen LogP contribution in [0.15, 0.2) is 36.5 Å². The minimum absolute atomic E-state index is 0.00906. The van der Waals surface area contributed by atoms with Crippen molar-refractivity contribution in [3.63, 3.8) is 0 Å². The predicted molar refractivity (Wildman–Crippen MR) is 95.6 cm³/mol. The molecule has 1 aromatic carbocycles. The van der Waals surface area contributed by atoms with Crippen LogP contribution in [0.25, 0.3) is 11.3 Å². The first-order valence-corrected chi connectivity index (χ1v) is 8.43. The molecule has 0 saturated heterocycles. The Morgan fingerprint density at radius 1 is 0.840 bits per heavy atom. The normalized spacial score (nSPS) is 13.2. The van der Waals surface area contributed by atoms with Crippen molar-refractivity contribution < 1.29 is 17.7 Å². The maximum Gasteiger partial charge on any atom is 0.397 e. The smallest absolute Gasteiger partial charge is 0.201 e. The summed E-state index contributed by atoms with van der Waals surface area (Å²) < 4.78 is 42.0. The fourth-order valence-corrected chi connectivity index (χ4v) is 2.81. The Bertz CT molecular complexity index is 781. The number of benzene rings is 1. The van der Waals surface area contributed by atoms with Crippen molar-refractivity contribution in [1.82, 2.24) is 0 Å². The fourth-order valence-electron chi connectivity index (χ4n) is 2.81. The average Bonchev–Trinajstić information content (AvgIpc) is 2.45. The van der Waals surface area contributed by atoms with Crippen LogP contribution < -0.4 is 4.57 Å². The minimum Gasteiger partial charge on any atom is -0.201 e. The summed E-state index contributed by atoms with van der Waals surface area (Å²) in [4.78, 5) is 0. The van der Waals surface area contributed by atoms with Gasteiger partial charge in [-0.1, -0.05) is 32.9 Å². The molecule has 25 heavy (non-hydrogen) atoms. The first kappa shape index (κ1) is 19.5. The Morgan fingerprint density at radius 2 is 1.44 bits per heavy atom. The van der Waals surface area contributed by atoms with Gasteiger partial charge in [0.1, 0.15) is 7.05 Å². The minimum atomic E-state index is -4.28. The number of hydrogen-bond donors (Lipinski definition) is 0. The summed E-state index contributed by atoms with van der Waals surface area (Å²) in [6, 6.07) is 9.27. The molecular formula is C21H27F3N+. The van der Waals surface area contributed by atoms with Gasteiger partial charge in [-0.15, -0.1) is 0 Å². The van der Waals surface area contributed by atoms with E-state index in [1.807, 2.05) is 24.7 Å². The molecule has 0 atom stereocenters. The number of aryl methyl sites for hydroxylation is 2. The summed E-state index contributed by atoms with van der Waals surface area (Å²) >= 11 is 0. The van der Waals surface area contributed by atoms with E-state index < -0.39 is 11.6 Å². The van der Waals surface area contributed by atoms with Gasteiger partial charge in [0, 0.05) is 17.7 Å². The highest BCUT2D eigenvalue weighted by atomic mass is 19.4. The van der Waals surface area contributed by atoms with Gasteiger partial charge >= 0.3 is 6.18 Å². The van der Waals surface area contributed by atoms with E-state index in [0.717, 1.165) is 16.8 Å². The summed E-state index contributed by atoms with van der Waals surface area (Å²) in [5.41, 5.74) is 2.42. The van der Waals surface area contributed by atoms with E-state index in [4.69, 9.17) is 0 Å². The second-order valence-corrected chi connectivity index (χ2v) is 8.31. The van der Waals surface area contributed by atoms with Gasteiger partial charge in [-0.2, -0.15) is 13.2 Å². The van der Waals surface area contributed by atoms with Crippen LogP contribution in [0.3, 0.4) is 0 Å². The van der Waals surface area contributed by atoms with E-state index in [1.165, 1.54) is 19.4 Å². The van der Waals surface area contributed by atoms with Crippen LogP contribution in [0.4, 0.5) is 13.2 Å². The highest BCUT2D eigenvalue weighted by Gasteiger charge is 2.48. The summed E-state index contributed by atoms with van der Waals surface area (Å²) in [6.45, 7) is 10.8. The Labute approximate surface area is 148 Å². The second-order valence-electron chi connectivity index (χ2n) is 8.31. The van der Waals surface area contributed by atoms with Crippen LogP contribution in [0.1, 0.15) is 51.3 Å². The van der Waals surface area contributed by atoms with E-state index >= 15 is 0 Å². The van der Waals surface area contributed by atoms with Crippen LogP contribution in [0.2, 0.25) is 0 Å². The van der Waals surface area contributed by atoms with Gasteiger partial charge in [-0.05, 0) is 48.9 Å². The topological polar surface area (TPSA) is 3.88 Å². The van der Waals surface area contributed by atoms with Crippen molar-refractivity contribution in [2.24, 2.45) is 7.05 Å². The zero-order valence-corrected chi connectivity index (χ0v) is 16.0. The third-order valence-electron chi connectivity index (χ3n) is 4.95. The molecule has 0 aliphatic rings.